The molecule has 5 heteroatoms. The summed E-state index contributed by atoms with van der Waals surface area (Å²) in [5.74, 6) is 0.120. The van der Waals surface area contributed by atoms with E-state index in [1.807, 2.05) is 42.2 Å². The van der Waals surface area contributed by atoms with E-state index in [0.717, 1.165) is 42.8 Å². The van der Waals surface area contributed by atoms with Crippen LogP contribution in [-0.4, -0.2) is 41.9 Å². The van der Waals surface area contributed by atoms with E-state index in [-0.39, 0.29) is 11.9 Å². The molecule has 1 saturated heterocycles. The molecule has 2 aliphatic rings. The number of anilines is 1. The molecule has 110 valence electrons. The molecule has 1 amide bonds. The van der Waals surface area contributed by atoms with Crippen molar-refractivity contribution in [2.24, 2.45) is 0 Å². The maximum absolute atomic E-state index is 12.7. The zero-order chi connectivity index (χ0) is 15.0. The molecule has 1 aromatic rings. The van der Waals surface area contributed by atoms with Crippen molar-refractivity contribution in [1.82, 2.24) is 4.81 Å². The summed E-state index contributed by atoms with van der Waals surface area (Å²) in [5, 5.41) is 9.65. The Morgan fingerprint density at radius 2 is 1.95 bits per heavy atom. The number of rotatable bonds is 2. The standard InChI is InChI=1S/C16H21BN2O2/c1-3-13-14-6-4-5-7-15(14)19(16(13)20)12-8-10-18(11-9-12)17(2)21/h3-7,12,21H,8-11H2,1-2H3. The highest BCUT2D eigenvalue weighted by Crippen LogP contribution is 2.39. The number of para-hydroxylation sites is 1. The first kappa shape index (κ1) is 14.4. The zero-order valence-electron chi connectivity index (χ0n) is 12.6. The van der Waals surface area contributed by atoms with Crippen LogP contribution in [0.25, 0.3) is 5.57 Å². The topological polar surface area (TPSA) is 43.8 Å². The van der Waals surface area contributed by atoms with Crippen LogP contribution in [-0.2, 0) is 4.79 Å². The van der Waals surface area contributed by atoms with Gasteiger partial charge in [-0.1, -0.05) is 24.3 Å². The van der Waals surface area contributed by atoms with Gasteiger partial charge in [-0.25, -0.2) is 0 Å². The Morgan fingerprint density at radius 3 is 2.57 bits per heavy atom. The summed E-state index contributed by atoms with van der Waals surface area (Å²) in [6, 6.07) is 8.25. The van der Waals surface area contributed by atoms with E-state index in [0.29, 0.717) is 0 Å². The molecule has 0 unspecified atom stereocenters. The van der Waals surface area contributed by atoms with Gasteiger partial charge in [0, 0.05) is 17.2 Å². The number of nitrogens with zero attached hydrogens (tertiary/aromatic N) is 2. The number of benzene rings is 1. The molecule has 0 saturated carbocycles. The number of hydrogen-bond acceptors (Lipinski definition) is 3. The number of amides is 1. The summed E-state index contributed by atoms with van der Waals surface area (Å²) < 4.78 is 0. The lowest BCUT2D eigenvalue weighted by atomic mass is 9.82. The van der Waals surface area contributed by atoms with Crippen LogP contribution < -0.4 is 4.90 Å². The van der Waals surface area contributed by atoms with Gasteiger partial charge in [-0.3, -0.25) is 4.79 Å². The largest absolute Gasteiger partial charge is 0.437 e. The van der Waals surface area contributed by atoms with Crippen LogP contribution in [0, 0.1) is 0 Å². The Morgan fingerprint density at radius 1 is 1.29 bits per heavy atom. The van der Waals surface area contributed by atoms with Gasteiger partial charge in [-0.05, 0) is 45.7 Å². The first-order valence-electron chi connectivity index (χ1n) is 7.65. The van der Waals surface area contributed by atoms with Gasteiger partial charge >= 0.3 is 7.05 Å². The second kappa shape index (κ2) is 5.66. The molecule has 0 spiro atoms. The summed E-state index contributed by atoms with van der Waals surface area (Å²) in [6.45, 7) is 5.39. The first-order valence-corrected chi connectivity index (χ1v) is 7.65. The number of carbonyl (C=O) groups is 1. The highest BCUT2D eigenvalue weighted by Gasteiger charge is 2.38. The second-order valence-electron chi connectivity index (χ2n) is 5.79. The summed E-state index contributed by atoms with van der Waals surface area (Å²) in [7, 11) is -0.404. The fourth-order valence-corrected chi connectivity index (χ4v) is 3.43. The number of carbonyl (C=O) groups excluding carboxylic acids is 1. The van der Waals surface area contributed by atoms with Gasteiger partial charge in [0.25, 0.3) is 5.91 Å². The Labute approximate surface area is 126 Å². The third kappa shape index (κ3) is 2.41. The fourth-order valence-electron chi connectivity index (χ4n) is 3.43. The molecular weight excluding hydrogens is 263 g/mol. The Balaban J connectivity index is 1.85. The van der Waals surface area contributed by atoms with Gasteiger partial charge in [0.2, 0.25) is 0 Å². The van der Waals surface area contributed by atoms with Gasteiger partial charge in [-0.15, -0.1) is 0 Å². The van der Waals surface area contributed by atoms with E-state index >= 15 is 0 Å². The van der Waals surface area contributed by atoms with Gasteiger partial charge in [0.05, 0.1) is 5.69 Å². The third-order valence-electron chi connectivity index (χ3n) is 4.58. The monoisotopic (exact) mass is 284 g/mol. The molecule has 0 radical (unpaired) electrons. The molecule has 3 rings (SSSR count). The number of hydrogen-bond donors (Lipinski definition) is 1. The van der Waals surface area contributed by atoms with Gasteiger partial charge in [0.15, 0.2) is 0 Å². The molecule has 1 N–H and O–H groups in total. The van der Waals surface area contributed by atoms with Crippen molar-refractivity contribution >= 4 is 24.2 Å². The van der Waals surface area contributed by atoms with Crippen LogP contribution in [0.15, 0.2) is 30.3 Å². The highest BCUT2D eigenvalue weighted by atomic mass is 16.2. The van der Waals surface area contributed by atoms with E-state index in [9.17, 15) is 9.82 Å². The van der Waals surface area contributed by atoms with Crippen LogP contribution in [0.4, 0.5) is 5.69 Å². The molecule has 2 heterocycles. The van der Waals surface area contributed by atoms with Crippen molar-refractivity contribution in [1.29, 1.82) is 0 Å². The minimum atomic E-state index is -0.404. The summed E-state index contributed by atoms with van der Waals surface area (Å²) in [5.41, 5.74) is 2.89. The summed E-state index contributed by atoms with van der Waals surface area (Å²) in [4.78, 5) is 16.7. The SMILES string of the molecule is CC=C1C(=O)N(C2CCN(B(C)O)CC2)c2ccccc21. The predicted octanol–water partition coefficient (Wildman–Crippen LogP) is 2.01. The normalized spacial score (nSPS) is 22.0. The van der Waals surface area contributed by atoms with Crippen molar-refractivity contribution in [2.75, 3.05) is 18.0 Å². The molecule has 0 aliphatic carbocycles. The van der Waals surface area contributed by atoms with E-state index < -0.39 is 7.05 Å². The van der Waals surface area contributed by atoms with E-state index in [2.05, 4.69) is 4.81 Å². The molecule has 0 aromatic heterocycles. The smallest absolute Gasteiger partial charge is 0.376 e. The number of allylic oxidation sites excluding steroid dienone is 1. The molecule has 2 aliphatic heterocycles. The van der Waals surface area contributed by atoms with Crippen molar-refractivity contribution in [2.45, 2.75) is 32.6 Å². The Bertz CT molecular complexity index is 577. The lowest BCUT2D eigenvalue weighted by molar-refractivity contribution is -0.113. The predicted molar refractivity (Wildman–Crippen MR) is 86.0 cm³/mol. The minimum Gasteiger partial charge on any atom is -0.437 e. The van der Waals surface area contributed by atoms with Crippen LogP contribution in [0.1, 0.15) is 25.3 Å². The van der Waals surface area contributed by atoms with Crippen molar-refractivity contribution in [3.05, 3.63) is 35.9 Å². The fraction of sp³-hybridized carbons (Fsp3) is 0.438. The summed E-state index contributed by atoms with van der Waals surface area (Å²) in [6.07, 6.45) is 3.72. The van der Waals surface area contributed by atoms with Crippen molar-refractivity contribution < 1.29 is 9.82 Å². The minimum absolute atomic E-state index is 0.120. The molecule has 0 bridgehead atoms. The van der Waals surface area contributed by atoms with Crippen LogP contribution in [0.2, 0.25) is 6.82 Å². The molecule has 1 fully saturated rings. The first-order chi connectivity index (χ1) is 10.1. The van der Waals surface area contributed by atoms with Crippen LogP contribution in [0.5, 0.6) is 0 Å². The third-order valence-corrected chi connectivity index (χ3v) is 4.58. The van der Waals surface area contributed by atoms with Gasteiger partial charge in [0.1, 0.15) is 0 Å². The van der Waals surface area contributed by atoms with Crippen LogP contribution >= 0.6 is 0 Å². The molecular formula is C16H21BN2O2. The number of piperidine rings is 1. The Hall–Kier alpha value is -1.59. The lowest BCUT2D eigenvalue weighted by Crippen LogP contribution is -2.50. The van der Waals surface area contributed by atoms with Crippen molar-refractivity contribution in [3.63, 3.8) is 0 Å². The van der Waals surface area contributed by atoms with Crippen molar-refractivity contribution in [3.8, 4) is 0 Å². The average molecular weight is 284 g/mol. The maximum atomic E-state index is 12.7. The molecule has 21 heavy (non-hydrogen) atoms. The molecule has 0 atom stereocenters. The quantitative estimate of drug-likeness (QED) is 0.667. The average Bonchev–Trinajstić information content (AvgIpc) is 2.78. The van der Waals surface area contributed by atoms with E-state index in [1.165, 1.54) is 0 Å². The van der Waals surface area contributed by atoms with E-state index in [1.54, 1.807) is 6.82 Å². The van der Waals surface area contributed by atoms with Gasteiger partial charge in [-0.2, -0.15) is 0 Å². The van der Waals surface area contributed by atoms with E-state index in [4.69, 9.17) is 0 Å². The molecule has 4 nitrogen and oxygen atoms in total. The highest BCUT2D eigenvalue weighted by molar-refractivity contribution is 6.45. The zero-order valence-corrected chi connectivity index (χ0v) is 12.6. The summed E-state index contributed by atoms with van der Waals surface area (Å²) >= 11 is 0. The second-order valence-corrected chi connectivity index (χ2v) is 5.79. The number of fused-ring (bicyclic) bond motifs is 1. The molecule has 1 aromatic carbocycles. The Kier molecular flexibility index (Phi) is 3.87. The van der Waals surface area contributed by atoms with Gasteiger partial charge < -0.3 is 14.7 Å². The van der Waals surface area contributed by atoms with Crippen LogP contribution in [0.3, 0.4) is 0 Å². The maximum Gasteiger partial charge on any atom is 0.376 e. The lowest BCUT2D eigenvalue weighted by Gasteiger charge is -2.37.